The van der Waals surface area contributed by atoms with E-state index in [2.05, 4.69) is 20.7 Å². The van der Waals surface area contributed by atoms with E-state index < -0.39 is 17.7 Å². The molecule has 1 aliphatic heterocycles. The third kappa shape index (κ3) is 1.90. The average molecular weight is 283 g/mol. The maximum absolute atomic E-state index is 11.8. The van der Waals surface area contributed by atoms with E-state index in [1.54, 1.807) is 24.3 Å². The Morgan fingerprint density at radius 2 is 1.88 bits per heavy atom. The smallest absolute Gasteiger partial charge is 0.375 e. The van der Waals surface area contributed by atoms with E-state index in [1.165, 1.54) is 0 Å². The highest BCUT2D eigenvalue weighted by atomic mass is 79.9. The van der Waals surface area contributed by atoms with Crippen molar-refractivity contribution in [1.29, 1.82) is 0 Å². The molecule has 1 heterocycles. The fraction of sp³-hybridized carbons (Fsp3) is 0.182. The standard InChI is InChI=1S/C11H7BrO4/c12-7-3-1-6(2-4-7)9(13)8-5-16-11(15)10(8)14/h1-4,8H,5H2. The first kappa shape index (κ1) is 11.0. The Kier molecular flexibility index (Phi) is 2.87. The van der Waals surface area contributed by atoms with Crippen LogP contribution >= 0.6 is 15.9 Å². The fourth-order valence-electron chi connectivity index (χ4n) is 1.46. The largest absolute Gasteiger partial charge is 0.459 e. The lowest BCUT2D eigenvalue weighted by atomic mass is 9.96. The van der Waals surface area contributed by atoms with Crippen molar-refractivity contribution in [2.75, 3.05) is 6.61 Å². The molecule has 0 amide bonds. The molecule has 2 rings (SSSR count). The maximum atomic E-state index is 11.8. The van der Waals surface area contributed by atoms with E-state index in [-0.39, 0.29) is 12.4 Å². The number of benzene rings is 1. The number of ketones is 2. The summed E-state index contributed by atoms with van der Waals surface area (Å²) in [5.41, 5.74) is 0.403. The predicted octanol–water partition coefficient (Wildman–Crippen LogP) is 1.37. The molecule has 0 radical (unpaired) electrons. The minimum absolute atomic E-state index is 0.146. The van der Waals surface area contributed by atoms with Gasteiger partial charge >= 0.3 is 5.97 Å². The molecule has 1 unspecified atom stereocenters. The number of hydrogen-bond donors (Lipinski definition) is 0. The Balaban J connectivity index is 2.23. The summed E-state index contributed by atoms with van der Waals surface area (Å²) in [5.74, 6) is -3.03. The lowest BCUT2D eigenvalue weighted by Gasteiger charge is -2.03. The van der Waals surface area contributed by atoms with Crippen LogP contribution in [0.3, 0.4) is 0 Å². The number of hydrogen-bond acceptors (Lipinski definition) is 4. The number of rotatable bonds is 2. The van der Waals surface area contributed by atoms with E-state index in [0.717, 1.165) is 4.47 Å². The number of halogens is 1. The second-order valence-corrected chi connectivity index (χ2v) is 4.30. The Morgan fingerprint density at radius 1 is 1.25 bits per heavy atom. The van der Waals surface area contributed by atoms with Gasteiger partial charge in [0.1, 0.15) is 12.5 Å². The highest BCUT2D eigenvalue weighted by Crippen LogP contribution is 2.18. The predicted molar refractivity (Wildman–Crippen MR) is 57.9 cm³/mol. The van der Waals surface area contributed by atoms with Crippen LogP contribution in [0, 0.1) is 5.92 Å². The average Bonchev–Trinajstić information content (AvgIpc) is 2.60. The van der Waals surface area contributed by atoms with Crippen LogP contribution in [-0.2, 0) is 14.3 Å². The molecule has 0 saturated carbocycles. The van der Waals surface area contributed by atoms with Gasteiger partial charge < -0.3 is 4.74 Å². The van der Waals surface area contributed by atoms with Crippen molar-refractivity contribution in [2.24, 2.45) is 5.92 Å². The molecule has 1 aliphatic rings. The molecule has 0 spiro atoms. The lowest BCUT2D eigenvalue weighted by molar-refractivity contribution is -0.147. The maximum Gasteiger partial charge on any atom is 0.375 e. The van der Waals surface area contributed by atoms with Crippen molar-refractivity contribution in [3.8, 4) is 0 Å². The molecule has 1 atom stereocenters. The Morgan fingerprint density at radius 3 is 2.38 bits per heavy atom. The second kappa shape index (κ2) is 4.17. The summed E-state index contributed by atoms with van der Waals surface area (Å²) in [6, 6.07) is 6.61. The summed E-state index contributed by atoms with van der Waals surface area (Å²) in [6.45, 7) is -0.146. The van der Waals surface area contributed by atoms with Gasteiger partial charge in [-0.05, 0) is 12.1 Å². The van der Waals surface area contributed by atoms with Crippen LogP contribution in [0.2, 0.25) is 0 Å². The molecule has 4 nitrogen and oxygen atoms in total. The van der Waals surface area contributed by atoms with E-state index in [9.17, 15) is 14.4 Å². The highest BCUT2D eigenvalue weighted by molar-refractivity contribution is 9.10. The van der Waals surface area contributed by atoms with Crippen LogP contribution in [-0.4, -0.2) is 24.1 Å². The Bertz CT molecular complexity index is 463. The topological polar surface area (TPSA) is 60.4 Å². The molecular weight excluding hydrogens is 276 g/mol. The first-order valence-corrected chi connectivity index (χ1v) is 5.39. The molecule has 0 aromatic heterocycles. The number of carbonyl (C=O) groups excluding carboxylic acids is 3. The van der Waals surface area contributed by atoms with Gasteiger partial charge in [0.15, 0.2) is 5.78 Å². The van der Waals surface area contributed by atoms with E-state index in [4.69, 9.17) is 0 Å². The van der Waals surface area contributed by atoms with Crippen LogP contribution in [0.1, 0.15) is 10.4 Å². The van der Waals surface area contributed by atoms with Crippen LogP contribution in [0.4, 0.5) is 0 Å². The highest BCUT2D eigenvalue weighted by Gasteiger charge is 2.40. The summed E-state index contributed by atoms with van der Waals surface area (Å²) >= 11 is 3.24. The molecule has 0 N–H and O–H groups in total. The third-order valence-corrected chi connectivity index (χ3v) is 2.87. The molecule has 1 saturated heterocycles. The van der Waals surface area contributed by atoms with Crippen LogP contribution in [0.25, 0.3) is 0 Å². The molecular formula is C11H7BrO4. The first-order chi connectivity index (χ1) is 7.59. The van der Waals surface area contributed by atoms with Gasteiger partial charge in [0.25, 0.3) is 5.78 Å². The van der Waals surface area contributed by atoms with Crippen molar-refractivity contribution in [3.63, 3.8) is 0 Å². The van der Waals surface area contributed by atoms with Gasteiger partial charge in [0, 0.05) is 10.0 Å². The summed E-state index contributed by atoms with van der Waals surface area (Å²) in [7, 11) is 0. The summed E-state index contributed by atoms with van der Waals surface area (Å²) in [6.07, 6.45) is 0. The molecule has 1 aromatic carbocycles. The van der Waals surface area contributed by atoms with Gasteiger partial charge in [-0.25, -0.2) is 4.79 Å². The van der Waals surface area contributed by atoms with Gasteiger partial charge in [-0.3, -0.25) is 9.59 Å². The van der Waals surface area contributed by atoms with Gasteiger partial charge in [0.2, 0.25) is 0 Å². The molecule has 0 aliphatic carbocycles. The monoisotopic (exact) mass is 282 g/mol. The van der Waals surface area contributed by atoms with E-state index in [0.29, 0.717) is 5.56 Å². The van der Waals surface area contributed by atoms with Gasteiger partial charge in [-0.15, -0.1) is 0 Å². The normalized spacial score (nSPS) is 19.7. The zero-order valence-electron chi connectivity index (χ0n) is 8.10. The summed E-state index contributed by atoms with van der Waals surface area (Å²) < 4.78 is 5.37. The summed E-state index contributed by atoms with van der Waals surface area (Å²) in [4.78, 5) is 34.0. The van der Waals surface area contributed by atoms with Crippen LogP contribution in [0.5, 0.6) is 0 Å². The van der Waals surface area contributed by atoms with Gasteiger partial charge in [-0.1, -0.05) is 28.1 Å². The van der Waals surface area contributed by atoms with Crippen molar-refractivity contribution in [2.45, 2.75) is 0 Å². The minimum atomic E-state index is -0.978. The zero-order valence-corrected chi connectivity index (χ0v) is 9.69. The Labute approximate surface area is 99.7 Å². The zero-order chi connectivity index (χ0) is 11.7. The van der Waals surface area contributed by atoms with E-state index in [1.807, 2.05) is 0 Å². The van der Waals surface area contributed by atoms with Gasteiger partial charge in [0.05, 0.1) is 0 Å². The number of cyclic esters (lactones) is 1. The number of esters is 1. The third-order valence-electron chi connectivity index (χ3n) is 2.34. The lowest BCUT2D eigenvalue weighted by Crippen LogP contribution is -2.23. The Hall–Kier alpha value is -1.49. The SMILES string of the molecule is O=C1OCC(C(=O)c2ccc(Br)cc2)C1=O. The number of ether oxygens (including phenoxy) is 1. The van der Waals surface area contributed by atoms with E-state index >= 15 is 0 Å². The van der Waals surface area contributed by atoms with Crippen molar-refractivity contribution in [1.82, 2.24) is 0 Å². The van der Waals surface area contributed by atoms with Crippen LogP contribution in [0.15, 0.2) is 28.7 Å². The molecule has 82 valence electrons. The fourth-order valence-corrected chi connectivity index (χ4v) is 1.72. The number of carbonyl (C=O) groups is 3. The minimum Gasteiger partial charge on any atom is -0.459 e. The van der Waals surface area contributed by atoms with Crippen molar-refractivity contribution >= 4 is 33.5 Å². The number of Topliss-reactive ketones (excluding diaryl/α,β-unsaturated/α-hetero) is 2. The summed E-state index contributed by atoms with van der Waals surface area (Å²) in [5, 5.41) is 0. The first-order valence-electron chi connectivity index (χ1n) is 4.60. The van der Waals surface area contributed by atoms with Crippen molar-refractivity contribution < 1.29 is 19.1 Å². The molecule has 0 bridgehead atoms. The second-order valence-electron chi connectivity index (χ2n) is 3.39. The molecule has 5 heteroatoms. The molecule has 1 aromatic rings. The van der Waals surface area contributed by atoms with Crippen molar-refractivity contribution in [3.05, 3.63) is 34.3 Å². The van der Waals surface area contributed by atoms with Gasteiger partial charge in [-0.2, -0.15) is 0 Å². The van der Waals surface area contributed by atoms with Crippen LogP contribution < -0.4 is 0 Å². The quantitative estimate of drug-likeness (QED) is 0.356. The molecule has 16 heavy (non-hydrogen) atoms. The molecule has 1 fully saturated rings.